The van der Waals surface area contributed by atoms with Crippen molar-refractivity contribution in [2.24, 2.45) is 0 Å². The molecule has 0 saturated heterocycles. The predicted octanol–water partition coefficient (Wildman–Crippen LogP) is 1.71. The van der Waals surface area contributed by atoms with Crippen LogP contribution in [0.15, 0.2) is 30.6 Å². The lowest BCUT2D eigenvalue weighted by Gasteiger charge is -2.28. The number of rotatable bonds is 3. The number of hydrogen-bond acceptors (Lipinski definition) is 3. The molecule has 1 fully saturated rings. The number of aromatic nitrogens is 2. The summed E-state index contributed by atoms with van der Waals surface area (Å²) < 4.78 is 1.69. The molecule has 1 aliphatic rings. The number of nitrogens with zero attached hydrogens (tertiary/aromatic N) is 3. The van der Waals surface area contributed by atoms with Crippen molar-refractivity contribution in [1.82, 2.24) is 14.5 Å². The maximum absolute atomic E-state index is 12.5. The Morgan fingerprint density at radius 2 is 2.20 bits per heavy atom. The first-order valence-corrected chi connectivity index (χ1v) is 6.99. The van der Waals surface area contributed by atoms with E-state index >= 15 is 0 Å². The molecule has 2 aromatic heterocycles. The van der Waals surface area contributed by atoms with Gasteiger partial charge in [0.25, 0.3) is 5.91 Å². The molecule has 3 rings (SSSR count). The number of fused-ring (bicyclic) bond motifs is 1. The lowest BCUT2D eigenvalue weighted by atomic mass is 10.0. The van der Waals surface area contributed by atoms with E-state index in [2.05, 4.69) is 5.10 Å². The van der Waals surface area contributed by atoms with Crippen LogP contribution in [0.1, 0.15) is 36.0 Å². The van der Waals surface area contributed by atoms with E-state index in [-0.39, 0.29) is 5.91 Å². The standard InChI is InChI=1S/C15H19N3O2/c1-17(11-15(20)7-3-4-8-15)14(19)12-10-16-18-9-5-2-6-13(12)18/h2,5-6,9-10,20H,3-4,7-8,11H2,1H3. The molecule has 5 heteroatoms. The predicted molar refractivity (Wildman–Crippen MR) is 75.6 cm³/mol. The third-order valence-electron chi connectivity index (χ3n) is 4.07. The number of carbonyl (C=O) groups excluding carboxylic acids is 1. The molecule has 2 heterocycles. The van der Waals surface area contributed by atoms with E-state index in [4.69, 9.17) is 0 Å². The van der Waals surface area contributed by atoms with Crippen LogP contribution in [0.25, 0.3) is 5.52 Å². The first-order chi connectivity index (χ1) is 9.59. The number of amides is 1. The normalized spacial score (nSPS) is 17.5. The van der Waals surface area contributed by atoms with Crippen molar-refractivity contribution in [2.75, 3.05) is 13.6 Å². The topological polar surface area (TPSA) is 57.8 Å². The van der Waals surface area contributed by atoms with Gasteiger partial charge in [0.15, 0.2) is 0 Å². The van der Waals surface area contributed by atoms with Crippen molar-refractivity contribution in [1.29, 1.82) is 0 Å². The Labute approximate surface area is 117 Å². The van der Waals surface area contributed by atoms with E-state index in [0.29, 0.717) is 12.1 Å². The molecule has 0 radical (unpaired) electrons. The van der Waals surface area contributed by atoms with Crippen LogP contribution in [-0.4, -0.2) is 44.7 Å². The van der Waals surface area contributed by atoms with Gasteiger partial charge in [-0.05, 0) is 25.0 Å². The largest absolute Gasteiger partial charge is 0.388 e. The van der Waals surface area contributed by atoms with Gasteiger partial charge in [-0.1, -0.05) is 18.9 Å². The fourth-order valence-electron chi connectivity index (χ4n) is 3.01. The van der Waals surface area contributed by atoms with Gasteiger partial charge in [0.2, 0.25) is 0 Å². The molecule has 0 aliphatic heterocycles. The SMILES string of the molecule is CN(CC1(O)CCCC1)C(=O)c1cnn2ccccc12. The van der Waals surface area contributed by atoms with Crippen LogP contribution in [0.5, 0.6) is 0 Å². The van der Waals surface area contributed by atoms with Crippen molar-refractivity contribution in [2.45, 2.75) is 31.3 Å². The highest BCUT2D eigenvalue weighted by atomic mass is 16.3. The summed E-state index contributed by atoms with van der Waals surface area (Å²) in [6, 6.07) is 5.63. The van der Waals surface area contributed by atoms with Crippen LogP contribution in [-0.2, 0) is 0 Å². The number of aliphatic hydroxyl groups is 1. The van der Waals surface area contributed by atoms with Crippen molar-refractivity contribution in [3.63, 3.8) is 0 Å². The second-order valence-corrected chi connectivity index (χ2v) is 5.68. The summed E-state index contributed by atoms with van der Waals surface area (Å²) in [5, 5.41) is 14.6. The number of hydrogen-bond donors (Lipinski definition) is 1. The van der Waals surface area contributed by atoms with E-state index in [9.17, 15) is 9.90 Å². The van der Waals surface area contributed by atoms with Gasteiger partial charge < -0.3 is 10.0 Å². The van der Waals surface area contributed by atoms with E-state index in [1.165, 1.54) is 0 Å². The van der Waals surface area contributed by atoms with Crippen LogP contribution in [0.4, 0.5) is 0 Å². The zero-order valence-corrected chi connectivity index (χ0v) is 11.6. The van der Waals surface area contributed by atoms with Crippen molar-refractivity contribution >= 4 is 11.4 Å². The molecular formula is C15H19N3O2. The van der Waals surface area contributed by atoms with Gasteiger partial charge in [0.1, 0.15) is 0 Å². The van der Waals surface area contributed by atoms with Crippen LogP contribution in [0.2, 0.25) is 0 Å². The number of likely N-dealkylation sites (N-methyl/N-ethyl adjacent to an activating group) is 1. The smallest absolute Gasteiger partial charge is 0.257 e. The lowest BCUT2D eigenvalue weighted by Crippen LogP contribution is -2.42. The minimum atomic E-state index is -0.715. The fraction of sp³-hybridized carbons (Fsp3) is 0.467. The Kier molecular flexibility index (Phi) is 3.22. The highest BCUT2D eigenvalue weighted by Crippen LogP contribution is 2.30. The number of pyridine rings is 1. The fourth-order valence-corrected chi connectivity index (χ4v) is 3.01. The first-order valence-electron chi connectivity index (χ1n) is 6.99. The molecule has 0 spiro atoms. The Morgan fingerprint density at radius 3 is 2.95 bits per heavy atom. The molecule has 20 heavy (non-hydrogen) atoms. The van der Waals surface area contributed by atoms with Crippen LogP contribution >= 0.6 is 0 Å². The Bertz CT molecular complexity index is 629. The molecule has 1 aliphatic carbocycles. The minimum absolute atomic E-state index is 0.0912. The van der Waals surface area contributed by atoms with Gasteiger partial charge in [-0.3, -0.25) is 4.79 Å². The second-order valence-electron chi connectivity index (χ2n) is 5.68. The molecule has 106 valence electrons. The third kappa shape index (κ3) is 2.29. The van der Waals surface area contributed by atoms with Gasteiger partial charge in [0.05, 0.1) is 22.9 Å². The van der Waals surface area contributed by atoms with Crippen LogP contribution in [0, 0.1) is 0 Å². The zero-order valence-electron chi connectivity index (χ0n) is 11.6. The average Bonchev–Trinajstić information content (AvgIpc) is 3.04. The van der Waals surface area contributed by atoms with E-state index in [1.807, 2.05) is 24.4 Å². The maximum atomic E-state index is 12.5. The van der Waals surface area contributed by atoms with Crippen molar-refractivity contribution in [3.05, 3.63) is 36.2 Å². The molecule has 5 nitrogen and oxygen atoms in total. The Hall–Kier alpha value is -1.88. The molecule has 2 aromatic rings. The monoisotopic (exact) mass is 273 g/mol. The first kappa shape index (κ1) is 13.1. The molecule has 0 unspecified atom stereocenters. The van der Waals surface area contributed by atoms with Gasteiger partial charge in [-0.2, -0.15) is 5.10 Å². The van der Waals surface area contributed by atoms with Crippen molar-refractivity contribution < 1.29 is 9.90 Å². The summed E-state index contributed by atoms with van der Waals surface area (Å²) in [6.45, 7) is 0.385. The highest BCUT2D eigenvalue weighted by molar-refractivity contribution is 6.00. The summed E-state index contributed by atoms with van der Waals surface area (Å²) in [7, 11) is 1.74. The Balaban J connectivity index is 1.81. The van der Waals surface area contributed by atoms with Gasteiger partial charge in [-0.15, -0.1) is 0 Å². The molecule has 0 aromatic carbocycles. The number of carbonyl (C=O) groups is 1. The quantitative estimate of drug-likeness (QED) is 0.926. The maximum Gasteiger partial charge on any atom is 0.257 e. The van der Waals surface area contributed by atoms with Gasteiger partial charge in [0, 0.05) is 19.8 Å². The highest BCUT2D eigenvalue weighted by Gasteiger charge is 2.34. The summed E-state index contributed by atoms with van der Waals surface area (Å²) >= 11 is 0. The van der Waals surface area contributed by atoms with Crippen LogP contribution < -0.4 is 0 Å². The molecule has 0 bridgehead atoms. The summed E-state index contributed by atoms with van der Waals surface area (Å²) in [5.74, 6) is -0.0912. The molecular weight excluding hydrogens is 254 g/mol. The lowest BCUT2D eigenvalue weighted by molar-refractivity contribution is 0.0157. The van der Waals surface area contributed by atoms with Crippen molar-refractivity contribution in [3.8, 4) is 0 Å². The van der Waals surface area contributed by atoms with E-state index < -0.39 is 5.60 Å². The van der Waals surface area contributed by atoms with Gasteiger partial charge >= 0.3 is 0 Å². The molecule has 0 atom stereocenters. The van der Waals surface area contributed by atoms with E-state index in [0.717, 1.165) is 31.2 Å². The Morgan fingerprint density at radius 1 is 1.45 bits per heavy atom. The average molecular weight is 273 g/mol. The summed E-state index contributed by atoms with van der Waals surface area (Å²) in [6.07, 6.45) is 7.03. The third-order valence-corrected chi connectivity index (χ3v) is 4.07. The zero-order chi connectivity index (χ0) is 14.2. The molecule has 1 saturated carbocycles. The van der Waals surface area contributed by atoms with Crippen LogP contribution in [0.3, 0.4) is 0 Å². The molecule has 1 N–H and O–H groups in total. The minimum Gasteiger partial charge on any atom is -0.388 e. The summed E-state index contributed by atoms with van der Waals surface area (Å²) in [5.41, 5.74) is 0.658. The molecule has 1 amide bonds. The van der Waals surface area contributed by atoms with E-state index in [1.54, 1.807) is 22.7 Å². The summed E-state index contributed by atoms with van der Waals surface area (Å²) in [4.78, 5) is 14.1. The second kappa shape index (κ2) is 4.90. The van der Waals surface area contributed by atoms with Gasteiger partial charge in [-0.25, -0.2) is 4.52 Å².